The molecule has 1 saturated heterocycles. The SMILES string of the molecule is CNCCN1CC(c2cccnc2)NC1=O. The van der Waals surface area contributed by atoms with Gasteiger partial charge in [-0.15, -0.1) is 0 Å². The number of nitrogens with one attached hydrogen (secondary N) is 2. The summed E-state index contributed by atoms with van der Waals surface area (Å²) < 4.78 is 0. The van der Waals surface area contributed by atoms with E-state index >= 15 is 0 Å². The molecular formula is C11H16N4O. The topological polar surface area (TPSA) is 57.3 Å². The molecule has 1 unspecified atom stereocenters. The Morgan fingerprint density at radius 3 is 3.25 bits per heavy atom. The van der Waals surface area contributed by atoms with Crippen molar-refractivity contribution in [2.45, 2.75) is 6.04 Å². The Balaban J connectivity index is 1.98. The second-order valence-electron chi connectivity index (χ2n) is 3.84. The van der Waals surface area contributed by atoms with Gasteiger partial charge in [-0.05, 0) is 18.7 Å². The molecule has 2 heterocycles. The second kappa shape index (κ2) is 4.94. The molecule has 1 aliphatic heterocycles. The fourth-order valence-electron chi connectivity index (χ4n) is 1.80. The Kier molecular flexibility index (Phi) is 3.36. The molecule has 0 spiro atoms. The Morgan fingerprint density at radius 1 is 1.69 bits per heavy atom. The van der Waals surface area contributed by atoms with Gasteiger partial charge in [-0.2, -0.15) is 0 Å². The van der Waals surface area contributed by atoms with Crippen LogP contribution in [0.5, 0.6) is 0 Å². The van der Waals surface area contributed by atoms with Crippen LogP contribution in [-0.4, -0.2) is 42.6 Å². The molecule has 0 radical (unpaired) electrons. The van der Waals surface area contributed by atoms with Crippen LogP contribution in [0.4, 0.5) is 4.79 Å². The van der Waals surface area contributed by atoms with E-state index in [0.717, 1.165) is 18.7 Å². The highest BCUT2D eigenvalue weighted by molar-refractivity contribution is 5.77. The number of pyridine rings is 1. The monoisotopic (exact) mass is 220 g/mol. The van der Waals surface area contributed by atoms with Crippen LogP contribution in [0.25, 0.3) is 0 Å². The first kappa shape index (κ1) is 10.9. The van der Waals surface area contributed by atoms with Crippen molar-refractivity contribution in [2.24, 2.45) is 0 Å². The number of nitrogens with zero attached hydrogens (tertiary/aromatic N) is 2. The highest BCUT2D eigenvalue weighted by atomic mass is 16.2. The van der Waals surface area contributed by atoms with Crippen LogP contribution >= 0.6 is 0 Å². The number of carbonyl (C=O) groups is 1. The molecule has 2 rings (SSSR count). The first-order valence-electron chi connectivity index (χ1n) is 5.41. The lowest BCUT2D eigenvalue weighted by Gasteiger charge is -2.13. The molecule has 16 heavy (non-hydrogen) atoms. The number of carbonyl (C=O) groups excluding carboxylic acids is 1. The Bertz CT molecular complexity index is 354. The van der Waals surface area contributed by atoms with Crippen LogP contribution in [0.15, 0.2) is 24.5 Å². The summed E-state index contributed by atoms with van der Waals surface area (Å²) in [6.45, 7) is 2.26. The summed E-state index contributed by atoms with van der Waals surface area (Å²) in [6.07, 6.45) is 3.53. The summed E-state index contributed by atoms with van der Waals surface area (Å²) in [7, 11) is 1.88. The predicted octanol–water partition coefficient (Wildman–Crippen LogP) is 0.367. The lowest BCUT2D eigenvalue weighted by Crippen LogP contribution is -2.33. The molecule has 5 heteroatoms. The van der Waals surface area contributed by atoms with E-state index < -0.39 is 0 Å². The molecule has 1 fully saturated rings. The molecule has 1 aromatic rings. The van der Waals surface area contributed by atoms with Crippen LogP contribution in [0, 0.1) is 0 Å². The standard InChI is InChI=1S/C11H16N4O/c1-12-5-6-15-8-10(14-11(15)16)9-3-2-4-13-7-9/h2-4,7,10,12H,5-6,8H2,1H3,(H,14,16). The van der Waals surface area contributed by atoms with Crippen molar-refractivity contribution < 1.29 is 4.79 Å². The number of hydrogen-bond donors (Lipinski definition) is 2. The summed E-state index contributed by atoms with van der Waals surface area (Å²) in [5.74, 6) is 0. The van der Waals surface area contributed by atoms with E-state index in [0.29, 0.717) is 6.54 Å². The molecule has 0 aromatic carbocycles. The first-order chi connectivity index (χ1) is 7.81. The third-order valence-electron chi connectivity index (χ3n) is 2.71. The van der Waals surface area contributed by atoms with Gasteiger partial charge in [0.2, 0.25) is 0 Å². The smallest absolute Gasteiger partial charge is 0.318 e. The third kappa shape index (κ3) is 2.30. The van der Waals surface area contributed by atoms with Gasteiger partial charge in [0.1, 0.15) is 0 Å². The van der Waals surface area contributed by atoms with Gasteiger partial charge in [0, 0.05) is 32.0 Å². The largest absolute Gasteiger partial charge is 0.329 e. The molecular weight excluding hydrogens is 204 g/mol. The molecule has 5 nitrogen and oxygen atoms in total. The summed E-state index contributed by atoms with van der Waals surface area (Å²) in [5.41, 5.74) is 1.06. The van der Waals surface area contributed by atoms with E-state index in [2.05, 4.69) is 15.6 Å². The van der Waals surface area contributed by atoms with E-state index in [1.54, 1.807) is 12.4 Å². The van der Waals surface area contributed by atoms with Crippen LogP contribution in [0.3, 0.4) is 0 Å². The Morgan fingerprint density at radius 2 is 2.56 bits per heavy atom. The number of likely N-dealkylation sites (N-methyl/N-ethyl adjacent to an activating group) is 1. The fraction of sp³-hybridized carbons (Fsp3) is 0.455. The van der Waals surface area contributed by atoms with Gasteiger partial charge in [0.25, 0.3) is 0 Å². The van der Waals surface area contributed by atoms with Crippen molar-refractivity contribution in [3.8, 4) is 0 Å². The van der Waals surface area contributed by atoms with E-state index in [9.17, 15) is 4.79 Å². The first-order valence-corrected chi connectivity index (χ1v) is 5.41. The van der Waals surface area contributed by atoms with Crippen molar-refractivity contribution in [1.29, 1.82) is 0 Å². The van der Waals surface area contributed by atoms with E-state index in [1.807, 2.05) is 24.1 Å². The molecule has 0 aliphatic carbocycles. The van der Waals surface area contributed by atoms with Crippen LogP contribution < -0.4 is 10.6 Å². The van der Waals surface area contributed by atoms with Crippen LogP contribution in [-0.2, 0) is 0 Å². The van der Waals surface area contributed by atoms with E-state index in [1.165, 1.54) is 0 Å². The normalized spacial score (nSPS) is 19.9. The number of rotatable bonds is 4. The maximum atomic E-state index is 11.6. The zero-order valence-electron chi connectivity index (χ0n) is 9.31. The van der Waals surface area contributed by atoms with E-state index in [-0.39, 0.29) is 12.1 Å². The molecule has 2 N–H and O–H groups in total. The highest BCUT2D eigenvalue weighted by Crippen LogP contribution is 2.18. The van der Waals surface area contributed by atoms with Crippen molar-refractivity contribution in [1.82, 2.24) is 20.5 Å². The van der Waals surface area contributed by atoms with Crippen molar-refractivity contribution in [2.75, 3.05) is 26.7 Å². The van der Waals surface area contributed by atoms with Gasteiger partial charge >= 0.3 is 6.03 Å². The summed E-state index contributed by atoms with van der Waals surface area (Å²) in [5, 5.41) is 5.98. The predicted molar refractivity (Wildman–Crippen MR) is 61.0 cm³/mol. The highest BCUT2D eigenvalue weighted by Gasteiger charge is 2.28. The second-order valence-corrected chi connectivity index (χ2v) is 3.84. The van der Waals surface area contributed by atoms with Crippen LogP contribution in [0.1, 0.15) is 11.6 Å². The minimum Gasteiger partial charge on any atom is -0.329 e. The third-order valence-corrected chi connectivity index (χ3v) is 2.71. The summed E-state index contributed by atoms with van der Waals surface area (Å²) >= 11 is 0. The minimum atomic E-state index is 0.00380. The summed E-state index contributed by atoms with van der Waals surface area (Å²) in [4.78, 5) is 17.5. The molecule has 1 aromatic heterocycles. The number of urea groups is 1. The van der Waals surface area contributed by atoms with Gasteiger partial charge < -0.3 is 15.5 Å². The maximum Gasteiger partial charge on any atom is 0.318 e. The van der Waals surface area contributed by atoms with Crippen molar-refractivity contribution >= 4 is 6.03 Å². The minimum absolute atomic E-state index is 0.00380. The van der Waals surface area contributed by atoms with Gasteiger partial charge in [0.05, 0.1) is 6.04 Å². The molecule has 1 atom stereocenters. The van der Waals surface area contributed by atoms with Gasteiger partial charge in [-0.3, -0.25) is 4.98 Å². The average molecular weight is 220 g/mol. The van der Waals surface area contributed by atoms with Crippen molar-refractivity contribution in [3.63, 3.8) is 0 Å². The average Bonchev–Trinajstić information content (AvgIpc) is 2.69. The van der Waals surface area contributed by atoms with Crippen molar-refractivity contribution in [3.05, 3.63) is 30.1 Å². The number of hydrogen-bond acceptors (Lipinski definition) is 3. The van der Waals surface area contributed by atoms with E-state index in [4.69, 9.17) is 0 Å². The van der Waals surface area contributed by atoms with Gasteiger partial charge in [0.15, 0.2) is 0 Å². The Labute approximate surface area is 94.9 Å². The molecule has 86 valence electrons. The summed E-state index contributed by atoms with van der Waals surface area (Å²) in [6, 6.07) is 3.94. The number of amides is 2. The lowest BCUT2D eigenvalue weighted by molar-refractivity contribution is 0.218. The number of aromatic nitrogens is 1. The molecule has 0 saturated carbocycles. The quantitative estimate of drug-likeness (QED) is 0.770. The van der Waals surface area contributed by atoms with Gasteiger partial charge in [-0.25, -0.2) is 4.79 Å². The molecule has 0 bridgehead atoms. The van der Waals surface area contributed by atoms with Gasteiger partial charge in [-0.1, -0.05) is 6.07 Å². The molecule has 1 aliphatic rings. The molecule has 2 amide bonds. The Hall–Kier alpha value is -1.62. The maximum absolute atomic E-state index is 11.6. The fourth-order valence-corrected chi connectivity index (χ4v) is 1.80. The lowest BCUT2D eigenvalue weighted by atomic mass is 10.1. The van der Waals surface area contributed by atoms with Crippen LogP contribution in [0.2, 0.25) is 0 Å². The zero-order valence-corrected chi connectivity index (χ0v) is 9.31. The zero-order chi connectivity index (χ0) is 11.4.